The molecule has 1 spiro atoms. The maximum absolute atomic E-state index is 12.8. The molecule has 3 heterocycles. The van der Waals surface area contributed by atoms with E-state index in [1.54, 1.807) is 4.68 Å². The number of carbonyl (C=O) groups is 1. The van der Waals surface area contributed by atoms with Gasteiger partial charge in [-0.2, -0.15) is 5.10 Å². The number of hydrogen-bond acceptors (Lipinski definition) is 3. The van der Waals surface area contributed by atoms with Crippen molar-refractivity contribution in [3.63, 3.8) is 0 Å². The molecule has 1 atom stereocenters. The SMILES string of the molecule is CC(C)c1cc(C(=O)N2CCC[C@@]3(CCCO3)CC2)n(C)n1. The van der Waals surface area contributed by atoms with E-state index in [9.17, 15) is 4.79 Å². The first kappa shape index (κ1) is 15.5. The minimum atomic E-state index is 0.0462. The van der Waals surface area contributed by atoms with Gasteiger partial charge in [0.15, 0.2) is 0 Å². The Labute approximate surface area is 132 Å². The Kier molecular flexibility index (Phi) is 4.26. The van der Waals surface area contributed by atoms with E-state index in [0.717, 1.165) is 57.5 Å². The highest BCUT2D eigenvalue weighted by atomic mass is 16.5. The van der Waals surface area contributed by atoms with Gasteiger partial charge in [0.25, 0.3) is 5.91 Å². The van der Waals surface area contributed by atoms with Crippen LogP contribution in [0.3, 0.4) is 0 Å². The highest BCUT2D eigenvalue weighted by Crippen LogP contribution is 2.35. The second-order valence-corrected chi connectivity index (χ2v) is 7.01. The van der Waals surface area contributed by atoms with Crippen molar-refractivity contribution in [3.8, 4) is 0 Å². The molecule has 0 N–H and O–H groups in total. The number of hydrogen-bond donors (Lipinski definition) is 0. The van der Waals surface area contributed by atoms with E-state index in [2.05, 4.69) is 18.9 Å². The van der Waals surface area contributed by atoms with Gasteiger partial charge in [0.05, 0.1) is 11.3 Å². The summed E-state index contributed by atoms with van der Waals surface area (Å²) in [6, 6.07) is 1.94. The van der Waals surface area contributed by atoms with Crippen LogP contribution in [-0.4, -0.2) is 45.9 Å². The summed E-state index contributed by atoms with van der Waals surface area (Å²) in [6.45, 7) is 6.70. The Morgan fingerprint density at radius 3 is 2.68 bits per heavy atom. The van der Waals surface area contributed by atoms with Crippen LogP contribution in [0.1, 0.15) is 68.1 Å². The molecular formula is C17H27N3O2. The van der Waals surface area contributed by atoms with Crippen molar-refractivity contribution in [1.29, 1.82) is 0 Å². The van der Waals surface area contributed by atoms with Crippen molar-refractivity contribution in [3.05, 3.63) is 17.5 Å². The molecule has 0 aliphatic carbocycles. The lowest BCUT2D eigenvalue weighted by Crippen LogP contribution is -2.35. The Bertz CT molecular complexity index is 544. The van der Waals surface area contributed by atoms with Gasteiger partial charge in [-0.25, -0.2) is 0 Å². The maximum atomic E-state index is 12.8. The summed E-state index contributed by atoms with van der Waals surface area (Å²) in [5, 5.41) is 4.46. The lowest BCUT2D eigenvalue weighted by atomic mass is 9.92. The largest absolute Gasteiger partial charge is 0.375 e. The van der Waals surface area contributed by atoms with Crippen LogP contribution < -0.4 is 0 Å². The molecule has 1 aromatic rings. The first-order valence-corrected chi connectivity index (χ1v) is 8.48. The number of aryl methyl sites for hydroxylation is 1. The first-order valence-electron chi connectivity index (χ1n) is 8.48. The van der Waals surface area contributed by atoms with E-state index in [0.29, 0.717) is 11.6 Å². The minimum Gasteiger partial charge on any atom is -0.375 e. The zero-order valence-corrected chi connectivity index (χ0v) is 14.0. The predicted molar refractivity (Wildman–Crippen MR) is 85.0 cm³/mol. The standard InChI is InChI=1S/C17H27N3O2/c1-13(2)14-12-15(19(3)18-14)16(21)20-9-4-6-17(8-10-20)7-5-11-22-17/h12-13H,4-11H2,1-3H3/t17-/m1/s1. The molecule has 1 aromatic heterocycles. The van der Waals surface area contributed by atoms with E-state index in [1.165, 1.54) is 0 Å². The predicted octanol–water partition coefficient (Wildman–Crippen LogP) is 2.72. The van der Waals surface area contributed by atoms with Crippen molar-refractivity contribution in [2.45, 2.75) is 57.5 Å². The quantitative estimate of drug-likeness (QED) is 0.844. The molecule has 0 saturated carbocycles. The molecule has 1 amide bonds. The minimum absolute atomic E-state index is 0.0462. The molecule has 5 heteroatoms. The molecule has 2 saturated heterocycles. The van der Waals surface area contributed by atoms with Crippen LogP contribution in [0.25, 0.3) is 0 Å². The molecule has 5 nitrogen and oxygen atoms in total. The van der Waals surface area contributed by atoms with Crippen molar-refractivity contribution in [2.24, 2.45) is 7.05 Å². The average Bonchev–Trinajstić information content (AvgIpc) is 3.03. The van der Waals surface area contributed by atoms with Gasteiger partial charge in [-0.1, -0.05) is 13.8 Å². The number of amides is 1. The summed E-state index contributed by atoms with van der Waals surface area (Å²) >= 11 is 0. The van der Waals surface area contributed by atoms with E-state index >= 15 is 0 Å². The van der Waals surface area contributed by atoms with Gasteiger partial charge in [0.1, 0.15) is 5.69 Å². The third kappa shape index (κ3) is 2.91. The van der Waals surface area contributed by atoms with Gasteiger partial charge < -0.3 is 9.64 Å². The molecule has 2 fully saturated rings. The van der Waals surface area contributed by atoms with Crippen LogP contribution >= 0.6 is 0 Å². The van der Waals surface area contributed by atoms with Gasteiger partial charge in [-0.15, -0.1) is 0 Å². The fraction of sp³-hybridized carbons (Fsp3) is 0.765. The van der Waals surface area contributed by atoms with Gasteiger partial charge in [0.2, 0.25) is 0 Å². The number of aromatic nitrogens is 2. The van der Waals surface area contributed by atoms with E-state index in [1.807, 2.05) is 18.0 Å². The van der Waals surface area contributed by atoms with Crippen LogP contribution in [0.2, 0.25) is 0 Å². The third-order valence-corrected chi connectivity index (χ3v) is 5.08. The van der Waals surface area contributed by atoms with Crippen molar-refractivity contribution in [2.75, 3.05) is 19.7 Å². The van der Waals surface area contributed by atoms with Gasteiger partial charge >= 0.3 is 0 Å². The van der Waals surface area contributed by atoms with Crippen LogP contribution in [0.15, 0.2) is 6.07 Å². The second kappa shape index (κ2) is 6.03. The molecule has 0 radical (unpaired) electrons. The summed E-state index contributed by atoms with van der Waals surface area (Å²) < 4.78 is 7.73. The number of ether oxygens (including phenoxy) is 1. The summed E-state index contributed by atoms with van der Waals surface area (Å²) in [7, 11) is 1.86. The Hall–Kier alpha value is -1.36. The Morgan fingerprint density at radius 1 is 1.27 bits per heavy atom. The Morgan fingerprint density at radius 2 is 2.05 bits per heavy atom. The van der Waals surface area contributed by atoms with Crippen molar-refractivity contribution >= 4 is 5.91 Å². The van der Waals surface area contributed by atoms with Crippen LogP contribution in [0.5, 0.6) is 0 Å². The highest BCUT2D eigenvalue weighted by Gasteiger charge is 2.37. The molecule has 2 aliphatic rings. The van der Waals surface area contributed by atoms with E-state index in [4.69, 9.17) is 4.74 Å². The fourth-order valence-electron chi connectivity index (χ4n) is 3.65. The summed E-state index contributed by atoms with van der Waals surface area (Å²) in [6.07, 6.45) is 5.39. The molecule has 2 aliphatic heterocycles. The molecule has 0 aromatic carbocycles. The average molecular weight is 305 g/mol. The van der Waals surface area contributed by atoms with Crippen LogP contribution in [-0.2, 0) is 11.8 Å². The van der Waals surface area contributed by atoms with Gasteiger partial charge in [-0.05, 0) is 44.1 Å². The number of rotatable bonds is 2. The number of carbonyl (C=O) groups excluding carboxylic acids is 1. The fourth-order valence-corrected chi connectivity index (χ4v) is 3.65. The molecule has 0 unspecified atom stereocenters. The summed E-state index contributed by atoms with van der Waals surface area (Å²) in [5.74, 6) is 0.448. The lowest BCUT2D eigenvalue weighted by molar-refractivity contribution is -0.00693. The van der Waals surface area contributed by atoms with E-state index in [-0.39, 0.29) is 11.5 Å². The molecule has 122 valence electrons. The maximum Gasteiger partial charge on any atom is 0.272 e. The van der Waals surface area contributed by atoms with Gasteiger partial charge in [-0.3, -0.25) is 9.48 Å². The summed E-state index contributed by atoms with van der Waals surface area (Å²) in [5.41, 5.74) is 1.73. The first-order chi connectivity index (χ1) is 10.5. The lowest BCUT2D eigenvalue weighted by Gasteiger charge is -2.26. The molecule has 22 heavy (non-hydrogen) atoms. The number of likely N-dealkylation sites (tertiary alicyclic amines) is 1. The van der Waals surface area contributed by atoms with Crippen molar-refractivity contribution < 1.29 is 9.53 Å². The monoisotopic (exact) mass is 305 g/mol. The normalized spacial score (nSPS) is 25.9. The topological polar surface area (TPSA) is 47.4 Å². The van der Waals surface area contributed by atoms with Gasteiger partial charge in [0, 0.05) is 26.7 Å². The molecule has 0 bridgehead atoms. The van der Waals surface area contributed by atoms with Crippen molar-refractivity contribution in [1.82, 2.24) is 14.7 Å². The van der Waals surface area contributed by atoms with Crippen LogP contribution in [0, 0.1) is 0 Å². The third-order valence-electron chi connectivity index (χ3n) is 5.08. The highest BCUT2D eigenvalue weighted by molar-refractivity contribution is 5.92. The zero-order valence-electron chi connectivity index (χ0n) is 14.0. The summed E-state index contributed by atoms with van der Waals surface area (Å²) in [4.78, 5) is 14.8. The second-order valence-electron chi connectivity index (χ2n) is 7.01. The molecular weight excluding hydrogens is 278 g/mol. The smallest absolute Gasteiger partial charge is 0.272 e. The van der Waals surface area contributed by atoms with E-state index < -0.39 is 0 Å². The Balaban J connectivity index is 1.72. The molecule has 3 rings (SSSR count). The number of nitrogens with zero attached hydrogens (tertiary/aromatic N) is 3. The van der Waals surface area contributed by atoms with Crippen LogP contribution in [0.4, 0.5) is 0 Å². The zero-order chi connectivity index (χ0) is 15.7.